The summed E-state index contributed by atoms with van der Waals surface area (Å²) in [6.45, 7) is 15.3. The van der Waals surface area contributed by atoms with E-state index in [0.717, 1.165) is 19.0 Å². The Bertz CT molecular complexity index is 399. The van der Waals surface area contributed by atoms with Crippen molar-refractivity contribution in [2.24, 2.45) is 5.92 Å². The summed E-state index contributed by atoms with van der Waals surface area (Å²) in [5, 5.41) is 5.85. The average Bonchev–Trinajstić information content (AvgIpc) is 2.93. The molecule has 20 heavy (non-hydrogen) atoms. The highest BCUT2D eigenvalue weighted by atomic mass is 32.1. The van der Waals surface area contributed by atoms with Crippen LogP contribution in [0.4, 0.5) is 0 Å². The molecule has 0 saturated carbocycles. The van der Waals surface area contributed by atoms with Crippen molar-refractivity contribution in [1.29, 1.82) is 0 Å². The highest BCUT2D eigenvalue weighted by molar-refractivity contribution is 7.10. The maximum atomic E-state index is 3.65. The van der Waals surface area contributed by atoms with E-state index in [1.165, 1.54) is 17.8 Å². The van der Waals surface area contributed by atoms with Crippen molar-refractivity contribution in [1.82, 2.24) is 10.2 Å². The molecule has 114 valence electrons. The molecule has 0 bridgehead atoms. The number of likely N-dealkylation sites (tertiary alicyclic amines) is 1. The summed E-state index contributed by atoms with van der Waals surface area (Å²) in [5.41, 5.74) is 0.257. The summed E-state index contributed by atoms with van der Waals surface area (Å²) in [7, 11) is 0. The maximum Gasteiger partial charge on any atom is 0.0120 e. The van der Waals surface area contributed by atoms with Gasteiger partial charge in [-0.15, -0.1) is 11.3 Å². The molecule has 0 amide bonds. The van der Waals surface area contributed by atoms with Crippen LogP contribution in [0.25, 0.3) is 0 Å². The summed E-state index contributed by atoms with van der Waals surface area (Å²) in [6.07, 6.45) is 1.28. The molecule has 1 fully saturated rings. The van der Waals surface area contributed by atoms with E-state index in [9.17, 15) is 0 Å². The third-order valence-electron chi connectivity index (χ3n) is 4.95. The zero-order valence-corrected chi connectivity index (χ0v) is 14.5. The van der Waals surface area contributed by atoms with Crippen molar-refractivity contribution in [3.63, 3.8) is 0 Å². The molecule has 1 aromatic heterocycles. The van der Waals surface area contributed by atoms with Gasteiger partial charge in [0, 0.05) is 28.9 Å². The molecule has 0 spiro atoms. The number of nitrogens with zero attached hydrogens (tertiary/aromatic N) is 1. The molecular formula is C17H30N2S. The molecule has 1 saturated heterocycles. The Morgan fingerprint density at radius 2 is 2.15 bits per heavy atom. The number of thiophene rings is 1. The number of rotatable bonds is 5. The quantitative estimate of drug-likeness (QED) is 0.890. The predicted octanol–water partition coefficient (Wildman–Crippen LogP) is 3.73. The third-order valence-corrected chi connectivity index (χ3v) is 6.19. The van der Waals surface area contributed by atoms with Crippen molar-refractivity contribution in [3.05, 3.63) is 22.4 Å². The van der Waals surface area contributed by atoms with Gasteiger partial charge >= 0.3 is 0 Å². The van der Waals surface area contributed by atoms with E-state index in [-0.39, 0.29) is 5.41 Å². The Balaban J connectivity index is 2.00. The lowest BCUT2D eigenvalue weighted by Gasteiger charge is -2.45. The van der Waals surface area contributed by atoms with Crippen LogP contribution in [-0.4, -0.2) is 36.6 Å². The summed E-state index contributed by atoms with van der Waals surface area (Å²) in [6, 6.07) is 5.80. The van der Waals surface area contributed by atoms with Gasteiger partial charge in [-0.1, -0.05) is 33.8 Å². The maximum absolute atomic E-state index is 3.65. The van der Waals surface area contributed by atoms with E-state index in [2.05, 4.69) is 62.3 Å². The van der Waals surface area contributed by atoms with Gasteiger partial charge in [-0.05, 0) is 43.8 Å². The molecule has 1 aromatic rings. The van der Waals surface area contributed by atoms with Gasteiger partial charge in [0.2, 0.25) is 0 Å². The lowest BCUT2D eigenvalue weighted by atomic mass is 9.83. The van der Waals surface area contributed by atoms with Crippen molar-refractivity contribution < 1.29 is 0 Å². The third kappa shape index (κ3) is 3.44. The smallest absolute Gasteiger partial charge is 0.0120 e. The van der Waals surface area contributed by atoms with Gasteiger partial charge in [0.1, 0.15) is 0 Å². The van der Waals surface area contributed by atoms with Crippen molar-refractivity contribution in [3.8, 4) is 0 Å². The van der Waals surface area contributed by atoms with E-state index in [1.54, 1.807) is 0 Å². The first-order valence-electron chi connectivity index (χ1n) is 7.97. The second-order valence-corrected chi connectivity index (χ2v) is 7.83. The molecule has 0 aromatic carbocycles. The molecule has 3 unspecified atom stereocenters. The van der Waals surface area contributed by atoms with E-state index in [1.807, 2.05) is 11.3 Å². The first kappa shape index (κ1) is 16.0. The fraction of sp³-hybridized carbons (Fsp3) is 0.765. The molecule has 1 N–H and O–H groups in total. The summed E-state index contributed by atoms with van der Waals surface area (Å²) < 4.78 is 0. The van der Waals surface area contributed by atoms with Crippen molar-refractivity contribution in [2.75, 3.05) is 19.6 Å². The molecule has 0 aliphatic carbocycles. The molecular weight excluding hydrogens is 264 g/mol. The SMILES string of the molecule is CCNC1CCN(CC(C)(C)c2cccs2)C(C)C1C. The van der Waals surface area contributed by atoms with Crippen molar-refractivity contribution in [2.45, 2.75) is 58.5 Å². The van der Waals surface area contributed by atoms with Gasteiger partial charge in [-0.2, -0.15) is 0 Å². The summed E-state index contributed by atoms with van der Waals surface area (Å²) >= 11 is 1.89. The number of hydrogen-bond acceptors (Lipinski definition) is 3. The highest BCUT2D eigenvalue weighted by Gasteiger charge is 2.35. The number of piperidine rings is 1. The molecule has 3 heteroatoms. The molecule has 2 nitrogen and oxygen atoms in total. The Kier molecular flexibility index (Phi) is 5.27. The van der Waals surface area contributed by atoms with Gasteiger partial charge < -0.3 is 5.32 Å². The standard InChI is InChI=1S/C17H30N2S/c1-6-18-15-9-10-19(14(3)13(15)2)12-17(4,5)16-8-7-11-20-16/h7-8,11,13-15,18H,6,9-10,12H2,1-5H3. The van der Waals surface area contributed by atoms with Crippen LogP contribution in [-0.2, 0) is 5.41 Å². The minimum atomic E-state index is 0.257. The average molecular weight is 295 g/mol. The topological polar surface area (TPSA) is 15.3 Å². The Morgan fingerprint density at radius 1 is 1.40 bits per heavy atom. The minimum absolute atomic E-state index is 0.257. The normalized spacial score (nSPS) is 28.8. The fourth-order valence-electron chi connectivity index (χ4n) is 3.46. The molecule has 1 aliphatic rings. The van der Waals surface area contributed by atoms with E-state index in [0.29, 0.717) is 12.1 Å². The lowest BCUT2D eigenvalue weighted by molar-refractivity contribution is 0.0690. The van der Waals surface area contributed by atoms with E-state index < -0.39 is 0 Å². The molecule has 1 aliphatic heterocycles. The van der Waals surface area contributed by atoms with E-state index in [4.69, 9.17) is 0 Å². The van der Waals surface area contributed by atoms with E-state index >= 15 is 0 Å². The largest absolute Gasteiger partial charge is 0.314 e. The second-order valence-electron chi connectivity index (χ2n) is 6.88. The fourth-order valence-corrected chi connectivity index (χ4v) is 4.31. The molecule has 2 rings (SSSR count). The Morgan fingerprint density at radius 3 is 2.75 bits per heavy atom. The molecule has 2 heterocycles. The monoisotopic (exact) mass is 294 g/mol. The second kappa shape index (κ2) is 6.59. The first-order valence-corrected chi connectivity index (χ1v) is 8.85. The molecule has 3 atom stereocenters. The van der Waals surface area contributed by atoms with Crippen LogP contribution in [0.1, 0.15) is 45.9 Å². The number of nitrogens with one attached hydrogen (secondary N) is 1. The van der Waals surface area contributed by atoms with Crippen LogP contribution in [0, 0.1) is 5.92 Å². The van der Waals surface area contributed by atoms with Gasteiger partial charge in [0.25, 0.3) is 0 Å². The van der Waals surface area contributed by atoms with Gasteiger partial charge in [-0.3, -0.25) is 4.90 Å². The highest BCUT2D eigenvalue weighted by Crippen LogP contribution is 2.32. The van der Waals surface area contributed by atoms with Crippen LogP contribution < -0.4 is 5.32 Å². The zero-order chi connectivity index (χ0) is 14.8. The van der Waals surface area contributed by atoms with Crippen LogP contribution in [0.2, 0.25) is 0 Å². The van der Waals surface area contributed by atoms with Crippen LogP contribution in [0.5, 0.6) is 0 Å². The Labute approximate surface area is 128 Å². The summed E-state index contributed by atoms with van der Waals surface area (Å²) in [5.74, 6) is 0.725. The van der Waals surface area contributed by atoms with Crippen molar-refractivity contribution >= 4 is 11.3 Å². The predicted molar refractivity (Wildman–Crippen MR) is 89.6 cm³/mol. The van der Waals surface area contributed by atoms with Gasteiger partial charge in [-0.25, -0.2) is 0 Å². The lowest BCUT2D eigenvalue weighted by Crippen LogP contribution is -2.55. The zero-order valence-electron chi connectivity index (χ0n) is 13.6. The van der Waals surface area contributed by atoms with Crippen LogP contribution >= 0.6 is 11.3 Å². The summed E-state index contributed by atoms with van der Waals surface area (Å²) in [4.78, 5) is 4.20. The first-order chi connectivity index (χ1) is 9.45. The minimum Gasteiger partial charge on any atom is -0.314 e. The molecule has 0 radical (unpaired) electrons. The van der Waals surface area contributed by atoms with Crippen LogP contribution in [0.3, 0.4) is 0 Å². The van der Waals surface area contributed by atoms with Crippen LogP contribution in [0.15, 0.2) is 17.5 Å². The Hall–Kier alpha value is -0.380. The number of hydrogen-bond donors (Lipinski definition) is 1. The van der Waals surface area contributed by atoms with Gasteiger partial charge in [0.15, 0.2) is 0 Å². The van der Waals surface area contributed by atoms with Gasteiger partial charge in [0.05, 0.1) is 0 Å².